The van der Waals surface area contributed by atoms with E-state index < -0.39 is 15.9 Å². The van der Waals surface area contributed by atoms with Crippen molar-refractivity contribution >= 4 is 15.9 Å². The maximum Gasteiger partial charge on any atom is 0.267 e. The smallest absolute Gasteiger partial charge is 0.267 e. The van der Waals surface area contributed by atoms with Gasteiger partial charge in [-0.25, -0.2) is 13.1 Å². The molecule has 2 atom stereocenters. The Bertz CT molecular complexity index is 783. The van der Waals surface area contributed by atoms with E-state index in [0.29, 0.717) is 6.54 Å². The monoisotopic (exact) mass is 319 g/mol. The summed E-state index contributed by atoms with van der Waals surface area (Å²) in [6.07, 6.45) is 3.43. The molecule has 1 aliphatic rings. The van der Waals surface area contributed by atoms with Crippen molar-refractivity contribution in [3.63, 3.8) is 0 Å². The van der Waals surface area contributed by atoms with Gasteiger partial charge in [-0.05, 0) is 17.9 Å². The number of rotatable bonds is 5. The lowest BCUT2D eigenvalue weighted by atomic mass is 10.2. The van der Waals surface area contributed by atoms with Crippen molar-refractivity contribution < 1.29 is 13.2 Å². The highest BCUT2D eigenvalue weighted by Crippen LogP contribution is 2.37. The SMILES string of the molecule is C[C@H]1C[C@@H]1C(=O)NS(=O)(=O)c1cnn(Cc2ccccc2)c1. The summed E-state index contributed by atoms with van der Waals surface area (Å²) in [4.78, 5) is 11.8. The third-order valence-electron chi connectivity index (χ3n) is 3.79. The van der Waals surface area contributed by atoms with Gasteiger partial charge in [0.15, 0.2) is 0 Å². The predicted molar refractivity (Wildman–Crippen MR) is 80.4 cm³/mol. The summed E-state index contributed by atoms with van der Waals surface area (Å²) in [6.45, 7) is 2.40. The second-order valence-electron chi connectivity index (χ2n) is 5.65. The van der Waals surface area contributed by atoms with E-state index >= 15 is 0 Å². The molecule has 1 saturated carbocycles. The third kappa shape index (κ3) is 3.19. The van der Waals surface area contributed by atoms with Gasteiger partial charge in [-0.1, -0.05) is 37.3 Å². The van der Waals surface area contributed by atoms with Crippen LogP contribution in [-0.2, 0) is 21.4 Å². The highest BCUT2D eigenvalue weighted by Gasteiger charge is 2.40. The summed E-state index contributed by atoms with van der Waals surface area (Å²) in [5.41, 5.74) is 1.02. The first-order chi connectivity index (χ1) is 10.5. The lowest BCUT2D eigenvalue weighted by Crippen LogP contribution is -2.31. The summed E-state index contributed by atoms with van der Waals surface area (Å²) in [6, 6.07) is 9.61. The molecule has 6 nitrogen and oxygen atoms in total. The van der Waals surface area contributed by atoms with Crippen LogP contribution in [0.5, 0.6) is 0 Å². The molecule has 1 aromatic heterocycles. The summed E-state index contributed by atoms with van der Waals surface area (Å²) in [5.74, 6) is -0.353. The molecule has 1 N–H and O–H groups in total. The van der Waals surface area contributed by atoms with Crippen LogP contribution < -0.4 is 4.72 Å². The highest BCUT2D eigenvalue weighted by molar-refractivity contribution is 7.90. The zero-order chi connectivity index (χ0) is 15.7. The Labute approximate surface area is 129 Å². The Hall–Kier alpha value is -2.15. The van der Waals surface area contributed by atoms with Crippen molar-refractivity contribution in [3.05, 3.63) is 48.3 Å². The predicted octanol–water partition coefficient (Wildman–Crippen LogP) is 1.39. The van der Waals surface area contributed by atoms with Crippen molar-refractivity contribution in [1.29, 1.82) is 0 Å². The molecule has 0 unspecified atom stereocenters. The number of aromatic nitrogens is 2. The molecule has 0 radical (unpaired) electrons. The zero-order valence-electron chi connectivity index (χ0n) is 12.1. The maximum absolute atomic E-state index is 12.2. The summed E-state index contributed by atoms with van der Waals surface area (Å²) in [5, 5.41) is 4.05. The Morgan fingerprint density at radius 3 is 2.68 bits per heavy atom. The quantitative estimate of drug-likeness (QED) is 0.903. The van der Waals surface area contributed by atoms with Gasteiger partial charge in [0.05, 0.1) is 12.7 Å². The van der Waals surface area contributed by atoms with E-state index in [1.54, 1.807) is 0 Å². The number of nitrogens with zero attached hydrogens (tertiary/aromatic N) is 2. The average Bonchev–Trinajstić information content (AvgIpc) is 3.02. The fourth-order valence-electron chi connectivity index (χ4n) is 2.29. The normalized spacial score (nSPS) is 20.6. The van der Waals surface area contributed by atoms with Gasteiger partial charge in [0.1, 0.15) is 4.90 Å². The van der Waals surface area contributed by atoms with Crippen LogP contribution in [0.15, 0.2) is 47.6 Å². The van der Waals surface area contributed by atoms with E-state index in [0.717, 1.165) is 12.0 Å². The Balaban J connectivity index is 1.71. The van der Waals surface area contributed by atoms with Crippen molar-refractivity contribution in [1.82, 2.24) is 14.5 Å². The van der Waals surface area contributed by atoms with Crippen molar-refractivity contribution in [2.45, 2.75) is 24.8 Å². The molecule has 3 rings (SSSR count). The lowest BCUT2D eigenvalue weighted by Gasteiger charge is -2.04. The van der Waals surface area contributed by atoms with E-state index in [4.69, 9.17) is 0 Å². The van der Waals surface area contributed by atoms with Crippen LogP contribution in [0.4, 0.5) is 0 Å². The van der Waals surface area contributed by atoms with Crippen LogP contribution in [-0.4, -0.2) is 24.1 Å². The first-order valence-corrected chi connectivity index (χ1v) is 8.57. The van der Waals surface area contributed by atoms with Gasteiger partial charge >= 0.3 is 0 Å². The van der Waals surface area contributed by atoms with E-state index in [1.807, 2.05) is 37.3 Å². The van der Waals surface area contributed by atoms with Gasteiger partial charge in [-0.2, -0.15) is 5.10 Å². The topological polar surface area (TPSA) is 81.1 Å². The molecule has 2 aromatic rings. The molecule has 1 aliphatic carbocycles. The van der Waals surface area contributed by atoms with Gasteiger partial charge in [-0.15, -0.1) is 0 Å². The minimum atomic E-state index is -3.84. The van der Waals surface area contributed by atoms with Crippen LogP contribution in [0, 0.1) is 11.8 Å². The number of hydrogen-bond acceptors (Lipinski definition) is 4. The molecule has 0 spiro atoms. The van der Waals surface area contributed by atoms with E-state index in [-0.39, 0.29) is 16.7 Å². The Kier molecular flexibility index (Phi) is 3.74. The van der Waals surface area contributed by atoms with Crippen LogP contribution >= 0.6 is 0 Å². The first kappa shape index (κ1) is 14.8. The number of nitrogens with one attached hydrogen (secondary N) is 1. The maximum atomic E-state index is 12.2. The molecule has 1 aromatic carbocycles. The fraction of sp³-hybridized carbons (Fsp3) is 0.333. The van der Waals surface area contributed by atoms with Gasteiger partial charge < -0.3 is 0 Å². The summed E-state index contributed by atoms with van der Waals surface area (Å²) < 4.78 is 28.0. The van der Waals surface area contributed by atoms with Gasteiger partial charge in [0.2, 0.25) is 5.91 Å². The molecule has 22 heavy (non-hydrogen) atoms. The number of amides is 1. The fourth-order valence-corrected chi connectivity index (χ4v) is 3.28. The molecular formula is C15H17N3O3S. The van der Waals surface area contributed by atoms with E-state index in [2.05, 4.69) is 9.82 Å². The molecule has 0 saturated heterocycles. The molecule has 0 aliphatic heterocycles. The average molecular weight is 319 g/mol. The van der Waals surface area contributed by atoms with Gasteiger partial charge in [0.25, 0.3) is 10.0 Å². The Morgan fingerprint density at radius 1 is 1.36 bits per heavy atom. The second-order valence-corrected chi connectivity index (χ2v) is 7.33. The number of carbonyl (C=O) groups is 1. The summed E-state index contributed by atoms with van der Waals surface area (Å²) in [7, 11) is -3.84. The largest absolute Gasteiger partial charge is 0.274 e. The molecule has 0 bridgehead atoms. The molecule has 1 amide bonds. The van der Waals surface area contributed by atoms with Crippen molar-refractivity contribution in [2.24, 2.45) is 11.8 Å². The van der Waals surface area contributed by atoms with E-state index in [1.165, 1.54) is 17.1 Å². The number of carbonyl (C=O) groups excluding carboxylic acids is 1. The summed E-state index contributed by atoms with van der Waals surface area (Å²) >= 11 is 0. The van der Waals surface area contributed by atoms with Crippen molar-refractivity contribution in [2.75, 3.05) is 0 Å². The van der Waals surface area contributed by atoms with Crippen LogP contribution in [0.1, 0.15) is 18.9 Å². The zero-order valence-corrected chi connectivity index (χ0v) is 13.0. The van der Waals surface area contributed by atoms with Gasteiger partial charge in [0, 0.05) is 12.1 Å². The second kappa shape index (κ2) is 5.57. The molecule has 1 heterocycles. The van der Waals surface area contributed by atoms with Crippen LogP contribution in [0.25, 0.3) is 0 Å². The standard InChI is InChI=1S/C15H17N3O3S/c1-11-7-14(11)15(19)17-22(20,21)13-8-16-18(10-13)9-12-5-3-2-4-6-12/h2-6,8,10-11,14H,7,9H2,1H3,(H,17,19)/t11-,14-/m0/s1. The molecule has 116 valence electrons. The minimum Gasteiger partial charge on any atom is -0.274 e. The van der Waals surface area contributed by atoms with E-state index in [9.17, 15) is 13.2 Å². The first-order valence-electron chi connectivity index (χ1n) is 7.09. The minimum absolute atomic E-state index is 0.00471. The van der Waals surface area contributed by atoms with Crippen LogP contribution in [0.3, 0.4) is 0 Å². The molecule has 7 heteroatoms. The molecular weight excluding hydrogens is 302 g/mol. The number of hydrogen-bond donors (Lipinski definition) is 1. The van der Waals surface area contributed by atoms with Gasteiger partial charge in [-0.3, -0.25) is 9.48 Å². The third-order valence-corrected chi connectivity index (χ3v) is 5.09. The van der Waals surface area contributed by atoms with Crippen LogP contribution in [0.2, 0.25) is 0 Å². The van der Waals surface area contributed by atoms with Crippen molar-refractivity contribution in [3.8, 4) is 0 Å². The highest BCUT2D eigenvalue weighted by atomic mass is 32.2. The molecule has 1 fully saturated rings. The number of sulfonamides is 1. The lowest BCUT2D eigenvalue weighted by molar-refractivity contribution is -0.120. The number of benzene rings is 1. The Morgan fingerprint density at radius 2 is 2.05 bits per heavy atom.